The number of halogens is 1. The van der Waals surface area contributed by atoms with E-state index in [4.69, 9.17) is 4.42 Å². The molecule has 144 valence electrons. The molecule has 26 heavy (non-hydrogen) atoms. The van der Waals surface area contributed by atoms with Crippen LogP contribution in [0.3, 0.4) is 0 Å². The van der Waals surface area contributed by atoms with Gasteiger partial charge >= 0.3 is 0 Å². The molecule has 6 heteroatoms. The molecule has 1 aromatic heterocycles. The van der Waals surface area contributed by atoms with E-state index in [1.165, 1.54) is 5.56 Å². The number of guanidine groups is 1. The predicted molar refractivity (Wildman–Crippen MR) is 119 cm³/mol. The average molecular weight is 470 g/mol. The fourth-order valence-electron chi connectivity index (χ4n) is 2.55. The number of nitrogens with zero attached hydrogens (tertiary/aromatic N) is 2. The molecule has 0 bridgehead atoms. The van der Waals surface area contributed by atoms with Crippen LogP contribution in [-0.2, 0) is 13.1 Å². The average Bonchev–Trinajstić information content (AvgIpc) is 3.14. The summed E-state index contributed by atoms with van der Waals surface area (Å²) in [5.74, 6) is 1.70. The maximum Gasteiger partial charge on any atom is 0.191 e. The zero-order chi connectivity index (χ0) is 17.9. The van der Waals surface area contributed by atoms with Crippen LogP contribution in [0.4, 0.5) is 0 Å². The highest BCUT2D eigenvalue weighted by Crippen LogP contribution is 2.08. The lowest BCUT2D eigenvalue weighted by atomic mass is 10.1. The van der Waals surface area contributed by atoms with Gasteiger partial charge in [0.1, 0.15) is 12.3 Å². The van der Waals surface area contributed by atoms with Crippen molar-refractivity contribution in [2.75, 3.05) is 20.1 Å². The number of benzene rings is 1. The minimum atomic E-state index is 0. The number of hydrogen-bond donors (Lipinski definition) is 2. The first-order valence-electron chi connectivity index (χ1n) is 8.97. The molecule has 2 aromatic rings. The number of nitrogens with one attached hydrogen (secondary N) is 2. The fourth-order valence-corrected chi connectivity index (χ4v) is 2.55. The molecule has 0 saturated heterocycles. The first-order chi connectivity index (χ1) is 12.2. The third-order valence-corrected chi connectivity index (χ3v) is 4.20. The van der Waals surface area contributed by atoms with Crippen LogP contribution in [0.25, 0.3) is 0 Å². The van der Waals surface area contributed by atoms with Crippen molar-refractivity contribution >= 4 is 29.9 Å². The maximum absolute atomic E-state index is 5.32. The first-order valence-corrected chi connectivity index (χ1v) is 8.97. The van der Waals surface area contributed by atoms with Gasteiger partial charge < -0.3 is 15.1 Å². The Morgan fingerprint density at radius 2 is 1.92 bits per heavy atom. The normalized spacial score (nSPS) is 12.5. The zero-order valence-electron chi connectivity index (χ0n) is 15.9. The highest BCUT2D eigenvalue weighted by molar-refractivity contribution is 14.0. The van der Waals surface area contributed by atoms with Crippen molar-refractivity contribution < 1.29 is 4.42 Å². The van der Waals surface area contributed by atoms with Crippen LogP contribution in [-0.4, -0.2) is 37.0 Å². The Hall–Kier alpha value is -1.54. The summed E-state index contributed by atoms with van der Waals surface area (Å²) in [6, 6.07) is 14.9. The van der Waals surface area contributed by atoms with Crippen LogP contribution in [0.2, 0.25) is 0 Å². The summed E-state index contributed by atoms with van der Waals surface area (Å²) in [6.45, 7) is 7.57. The van der Waals surface area contributed by atoms with Gasteiger partial charge in [0.2, 0.25) is 0 Å². The van der Waals surface area contributed by atoms with Crippen molar-refractivity contribution in [1.82, 2.24) is 15.5 Å². The lowest BCUT2D eigenvalue weighted by molar-refractivity contribution is 0.238. The van der Waals surface area contributed by atoms with Crippen LogP contribution < -0.4 is 10.6 Å². The lowest BCUT2D eigenvalue weighted by Crippen LogP contribution is -2.40. The van der Waals surface area contributed by atoms with E-state index in [1.807, 2.05) is 12.1 Å². The second-order valence-corrected chi connectivity index (χ2v) is 6.24. The first kappa shape index (κ1) is 22.5. The summed E-state index contributed by atoms with van der Waals surface area (Å²) in [5, 5.41) is 6.67. The van der Waals surface area contributed by atoms with Gasteiger partial charge in [-0.2, -0.15) is 0 Å². The van der Waals surface area contributed by atoms with Gasteiger partial charge in [-0.25, -0.2) is 4.99 Å². The zero-order valence-corrected chi connectivity index (χ0v) is 18.3. The molecule has 1 heterocycles. The van der Waals surface area contributed by atoms with Crippen molar-refractivity contribution in [3.8, 4) is 0 Å². The van der Waals surface area contributed by atoms with E-state index < -0.39 is 0 Å². The maximum atomic E-state index is 5.32. The van der Waals surface area contributed by atoms with E-state index in [2.05, 4.69) is 71.8 Å². The highest BCUT2D eigenvalue weighted by Gasteiger charge is 2.09. The molecule has 1 atom stereocenters. The highest BCUT2D eigenvalue weighted by atomic mass is 127. The molecule has 1 unspecified atom stereocenters. The van der Waals surface area contributed by atoms with Gasteiger partial charge in [-0.05, 0) is 45.0 Å². The summed E-state index contributed by atoms with van der Waals surface area (Å²) in [6.07, 6.45) is 2.73. The Morgan fingerprint density at radius 3 is 2.58 bits per heavy atom. The van der Waals surface area contributed by atoms with Crippen molar-refractivity contribution in [2.24, 2.45) is 4.99 Å². The molecular formula is C20H31IN4O. The molecule has 0 aliphatic heterocycles. The van der Waals surface area contributed by atoms with Gasteiger partial charge in [0.15, 0.2) is 5.96 Å². The van der Waals surface area contributed by atoms with Gasteiger partial charge in [-0.3, -0.25) is 4.90 Å². The molecule has 0 radical (unpaired) electrons. The summed E-state index contributed by atoms with van der Waals surface area (Å²) >= 11 is 0. The van der Waals surface area contributed by atoms with Crippen LogP contribution in [0.1, 0.15) is 31.6 Å². The monoisotopic (exact) mass is 470 g/mol. The van der Waals surface area contributed by atoms with E-state index in [9.17, 15) is 0 Å². The third kappa shape index (κ3) is 8.23. The van der Waals surface area contributed by atoms with Crippen molar-refractivity contribution in [3.05, 3.63) is 60.1 Å². The SMILES string of the molecule is CCNC(=NCc1ccco1)NCCC(C)N(C)Cc1ccccc1.I. The van der Waals surface area contributed by atoms with E-state index in [0.717, 1.165) is 37.8 Å². The van der Waals surface area contributed by atoms with Crippen LogP contribution in [0.5, 0.6) is 0 Å². The van der Waals surface area contributed by atoms with Gasteiger partial charge in [-0.1, -0.05) is 30.3 Å². The Balaban J connectivity index is 0.00000338. The molecule has 0 spiro atoms. The van der Waals surface area contributed by atoms with Gasteiger partial charge in [0.05, 0.1) is 6.26 Å². The second kappa shape index (κ2) is 12.8. The summed E-state index contributed by atoms with van der Waals surface area (Å²) in [7, 11) is 2.17. The minimum absolute atomic E-state index is 0. The molecule has 0 amide bonds. The number of aliphatic imine (C=N–C) groups is 1. The molecule has 0 saturated carbocycles. The van der Waals surface area contributed by atoms with Crippen molar-refractivity contribution in [1.29, 1.82) is 0 Å². The molecule has 5 nitrogen and oxygen atoms in total. The Bertz CT molecular complexity index is 616. The summed E-state index contributed by atoms with van der Waals surface area (Å²) < 4.78 is 5.32. The van der Waals surface area contributed by atoms with Crippen molar-refractivity contribution in [3.63, 3.8) is 0 Å². The standard InChI is InChI=1S/C20H30N4O.HI/c1-4-21-20(23-15-19-11-8-14-25-19)22-13-12-17(2)24(3)16-18-9-6-5-7-10-18;/h5-11,14,17H,4,12-13,15-16H2,1-3H3,(H2,21,22,23);1H. The van der Waals surface area contributed by atoms with Crippen LogP contribution >= 0.6 is 24.0 Å². The molecule has 0 aliphatic rings. The Morgan fingerprint density at radius 1 is 1.15 bits per heavy atom. The predicted octanol–water partition coefficient (Wildman–Crippen LogP) is 3.86. The summed E-state index contributed by atoms with van der Waals surface area (Å²) in [5.41, 5.74) is 1.35. The molecule has 2 rings (SSSR count). The molecule has 0 aliphatic carbocycles. The largest absolute Gasteiger partial charge is 0.467 e. The second-order valence-electron chi connectivity index (χ2n) is 6.24. The topological polar surface area (TPSA) is 52.8 Å². The quantitative estimate of drug-likeness (QED) is 0.332. The molecule has 0 fully saturated rings. The third-order valence-electron chi connectivity index (χ3n) is 4.20. The summed E-state index contributed by atoms with van der Waals surface area (Å²) in [4.78, 5) is 6.93. The van der Waals surface area contributed by atoms with E-state index >= 15 is 0 Å². The van der Waals surface area contributed by atoms with Crippen molar-refractivity contribution in [2.45, 2.75) is 39.4 Å². The van der Waals surface area contributed by atoms with Gasteiger partial charge in [-0.15, -0.1) is 24.0 Å². The molecule has 1 aromatic carbocycles. The smallest absolute Gasteiger partial charge is 0.191 e. The molecule has 2 N–H and O–H groups in total. The lowest BCUT2D eigenvalue weighted by Gasteiger charge is -2.25. The van der Waals surface area contributed by atoms with Gasteiger partial charge in [0.25, 0.3) is 0 Å². The van der Waals surface area contributed by atoms with E-state index in [1.54, 1.807) is 6.26 Å². The van der Waals surface area contributed by atoms with Crippen LogP contribution in [0.15, 0.2) is 58.1 Å². The fraction of sp³-hybridized carbons (Fsp3) is 0.450. The van der Waals surface area contributed by atoms with E-state index in [0.29, 0.717) is 12.6 Å². The molecular weight excluding hydrogens is 439 g/mol. The number of rotatable bonds is 9. The number of furan rings is 1. The van der Waals surface area contributed by atoms with Crippen LogP contribution in [0, 0.1) is 0 Å². The number of hydrogen-bond acceptors (Lipinski definition) is 3. The Kier molecular flexibility index (Phi) is 11.0. The Labute approximate surface area is 174 Å². The van der Waals surface area contributed by atoms with Gasteiger partial charge in [0, 0.05) is 25.7 Å². The minimum Gasteiger partial charge on any atom is -0.467 e. The van der Waals surface area contributed by atoms with E-state index in [-0.39, 0.29) is 24.0 Å².